The van der Waals surface area contributed by atoms with E-state index in [4.69, 9.17) is 0 Å². The van der Waals surface area contributed by atoms with Crippen LogP contribution < -0.4 is 9.80 Å². The van der Waals surface area contributed by atoms with Gasteiger partial charge in [-0.25, -0.2) is 13.4 Å². The molecule has 0 radical (unpaired) electrons. The third kappa shape index (κ3) is 4.02. The summed E-state index contributed by atoms with van der Waals surface area (Å²) in [6.07, 6.45) is 1.89. The summed E-state index contributed by atoms with van der Waals surface area (Å²) < 4.78 is 25.5. The number of anilines is 2. The lowest BCUT2D eigenvalue weighted by molar-refractivity contribution is -0.131. The maximum Gasteiger partial charge on any atom is 0.231 e. The van der Waals surface area contributed by atoms with Gasteiger partial charge in [0.2, 0.25) is 11.8 Å². The third-order valence-electron chi connectivity index (χ3n) is 5.68. The molecule has 2 aliphatic rings. The molecule has 0 atom stereocenters. The molecule has 0 unspecified atom stereocenters. The predicted octanol–water partition coefficient (Wildman–Crippen LogP) is 1.11. The summed E-state index contributed by atoms with van der Waals surface area (Å²) in [5.74, 6) is 0.428. The topological polar surface area (TPSA) is 90.9 Å². The Bertz CT molecular complexity index is 1060. The SMILES string of the molecule is CN1C(=O)Cc2cc(S(=O)(=O)CCC(=O)N3CCN(c4ccccn4)CC3)ccc21. The van der Waals surface area contributed by atoms with Crippen LogP contribution in [0.2, 0.25) is 0 Å². The second kappa shape index (κ2) is 8.06. The molecule has 4 rings (SSSR count). The van der Waals surface area contributed by atoms with E-state index in [2.05, 4.69) is 9.88 Å². The molecule has 0 spiro atoms. The maximum absolute atomic E-state index is 12.7. The molecule has 2 amide bonds. The molecule has 3 heterocycles. The van der Waals surface area contributed by atoms with E-state index in [1.807, 2.05) is 18.2 Å². The number of piperazine rings is 1. The van der Waals surface area contributed by atoms with Crippen molar-refractivity contribution >= 4 is 33.2 Å². The normalized spacial score (nSPS) is 16.7. The Morgan fingerprint density at radius 3 is 2.57 bits per heavy atom. The lowest BCUT2D eigenvalue weighted by Crippen LogP contribution is -2.49. The number of nitrogens with zero attached hydrogens (tertiary/aromatic N) is 4. The minimum atomic E-state index is -3.60. The number of rotatable bonds is 5. The highest BCUT2D eigenvalue weighted by Crippen LogP contribution is 2.30. The Kier molecular flexibility index (Phi) is 5.46. The molecule has 0 bridgehead atoms. The molecule has 9 heteroatoms. The lowest BCUT2D eigenvalue weighted by Gasteiger charge is -2.35. The van der Waals surface area contributed by atoms with Crippen LogP contribution >= 0.6 is 0 Å². The van der Waals surface area contributed by atoms with Crippen LogP contribution in [0.15, 0.2) is 47.5 Å². The van der Waals surface area contributed by atoms with Crippen molar-refractivity contribution in [2.75, 3.05) is 48.8 Å². The van der Waals surface area contributed by atoms with Crippen LogP contribution in [-0.4, -0.2) is 69.1 Å². The first-order chi connectivity index (χ1) is 14.3. The molecule has 1 aromatic carbocycles. The number of fused-ring (bicyclic) bond motifs is 1. The van der Waals surface area contributed by atoms with Gasteiger partial charge in [0, 0.05) is 51.5 Å². The minimum absolute atomic E-state index is 0.0537. The minimum Gasteiger partial charge on any atom is -0.353 e. The van der Waals surface area contributed by atoms with Crippen molar-refractivity contribution in [1.82, 2.24) is 9.88 Å². The predicted molar refractivity (Wildman–Crippen MR) is 113 cm³/mol. The van der Waals surface area contributed by atoms with Crippen molar-refractivity contribution in [2.45, 2.75) is 17.7 Å². The van der Waals surface area contributed by atoms with Crippen LogP contribution in [0.3, 0.4) is 0 Å². The van der Waals surface area contributed by atoms with E-state index in [9.17, 15) is 18.0 Å². The van der Waals surface area contributed by atoms with Crippen LogP contribution in [0.4, 0.5) is 11.5 Å². The molecular formula is C21H24N4O4S. The average Bonchev–Trinajstić information content (AvgIpc) is 3.06. The van der Waals surface area contributed by atoms with Gasteiger partial charge in [-0.2, -0.15) is 0 Å². The Labute approximate surface area is 176 Å². The van der Waals surface area contributed by atoms with Crippen LogP contribution in [0.5, 0.6) is 0 Å². The summed E-state index contributed by atoms with van der Waals surface area (Å²) in [5, 5.41) is 0. The van der Waals surface area contributed by atoms with Crippen LogP contribution in [0.25, 0.3) is 0 Å². The summed E-state index contributed by atoms with van der Waals surface area (Å²) in [4.78, 5) is 34.2. The van der Waals surface area contributed by atoms with E-state index in [-0.39, 0.29) is 35.3 Å². The highest BCUT2D eigenvalue weighted by molar-refractivity contribution is 7.91. The monoisotopic (exact) mass is 428 g/mol. The third-order valence-corrected chi connectivity index (χ3v) is 7.39. The highest BCUT2D eigenvalue weighted by Gasteiger charge is 2.27. The second-order valence-electron chi connectivity index (χ2n) is 7.54. The first-order valence-corrected chi connectivity index (χ1v) is 11.6. The number of hydrogen-bond donors (Lipinski definition) is 0. The van der Waals surface area contributed by atoms with Gasteiger partial charge in [0.25, 0.3) is 0 Å². The van der Waals surface area contributed by atoms with Gasteiger partial charge < -0.3 is 14.7 Å². The number of likely N-dealkylation sites (N-methyl/N-ethyl adjacent to an activating group) is 1. The van der Waals surface area contributed by atoms with Gasteiger partial charge in [0.15, 0.2) is 9.84 Å². The molecule has 1 aromatic heterocycles. The van der Waals surface area contributed by atoms with Crippen LogP contribution in [0.1, 0.15) is 12.0 Å². The Morgan fingerprint density at radius 2 is 1.87 bits per heavy atom. The van der Waals surface area contributed by atoms with E-state index >= 15 is 0 Å². The zero-order chi connectivity index (χ0) is 21.3. The van der Waals surface area contributed by atoms with Crippen molar-refractivity contribution < 1.29 is 18.0 Å². The summed E-state index contributed by atoms with van der Waals surface area (Å²) in [6, 6.07) is 10.5. The van der Waals surface area contributed by atoms with E-state index < -0.39 is 9.84 Å². The summed E-state index contributed by atoms with van der Waals surface area (Å²) >= 11 is 0. The van der Waals surface area contributed by atoms with Crippen molar-refractivity contribution in [2.24, 2.45) is 0 Å². The van der Waals surface area contributed by atoms with E-state index in [1.165, 1.54) is 11.0 Å². The number of pyridine rings is 1. The molecule has 158 valence electrons. The Balaban J connectivity index is 1.34. The lowest BCUT2D eigenvalue weighted by atomic mass is 10.2. The van der Waals surface area contributed by atoms with E-state index in [0.29, 0.717) is 31.7 Å². The number of benzene rings is 1. The molecule has 2 aliphatic heterocycles. The van der Waals surface area contributed by atoms with Crippen molar-refractivity contribution in [1.29, 1.82) is 0 Å². The van der Waals surface area contributed by atoms with Gasteiger partial charge in [0.1, 0.15) is 5.82 Å². The first kappa shape index (κ1) is 20.3. The quantitative estimate of drug-likeness (QED) is 0.709. The number of aromatic nitrogens is 1. The smallest absolute Gasteiger partial charge is 0.231 e. The maximum atomic E-state index is 12.7. The fourth-order valence-corrected chi connectivity index (χ4v) is 5.14. The fourth-order valence-electron chi connectivity index (χ4n) is 3.86. The van der Waals surface area contributed by atoms with Crippen LogP contribution in [0, 0.1) is 0 Å². The number of carbonyl (C=O) groups is 2. The summed E-state index contributed by atoms with van der Waals surface area (Å²) in [7, 11) is -1.93. The molecule has 0 saturated carbocycles. The molecule has 0 aliphatic carbocycles. The van der Waals surface area contributed by atoms with E-state index in [0.717, 1.165) is 11.5 Å². The molecular weight excluding hydrogens is 404 g/mol. The van der Waals surface area contributed by atoms with Gasteiger partial charge >= 0.3 is 0 Å². The molecule has 1 fully saturated rings. The van der Waals surface area contributed by atoms with Gasteiger partial charge in [-0.1, -0.05) is 6.07 Å². The number of amides is 2. The molecule has 1 saturated heterocycles. The fraction of sp³-hybridized carbons (Fsp3) is 0.381. The first-order valence-electron chi connectivity index (χ1n) is 9.91. The molecule has 0 N–H and O–H groups in total. The number of hydrogen-bond acceptors (Lipinski definition) is 6. The standard InChI is InChI=1S/C21H24N4O4S/c1-23-18-6-5-17(14-16(18)15-21(23)27)30(28,29)13-7-20(26)25-11-9-24(10-12-25)19-4-2-3-8-22-19/h2-6,8,14H,7,9-13,15H2,1H3. The largest absolute Gasteiger partial charge is 0.353 e. The Hall–Kier alpha value is -2.94. The number of carbonyl (C=O) groups excluding carboxylic acids is 2. The second-order valence-corrected chi connectivity index (χ2v) is 9.65. The highest BCUT2D eigenvalue weighted by atomic mass is 32.2. The van der Waals surface area contributed by atoms with Crippen LogP contribution in [-0.2, 0) is 25.8 Å². The zero-order valence-corrected chi connectivity index (χ0v) is 17.6. The van der Waals surface area contributed by atoms with E-state index in [1.54, 1.807) is 30.3 Å². The Morgan fingerprint density at radius 1 is 1.10 bits per heavy atom. The molecule has 2 aromatic rings. The van der Waals surface area contributed by atoms with Gasteiger partial charge in [-0.05, 0) is 35.9 Å². The molecule has 30 heavy (non-hydrogen) atoms. The molecule has 8 nitrogen and oxygen atoms in total. The van der Waals surface area contributed by atoms with Crippen molar-refractivity contribution in [3.05, 3.63) is 48.2 Å². The van der Waals surface area contributed by atoms with Gasteiger partial charge in [0.05, 0.1) is 17.1 Å². The van der Waals surface area contributed by atoms with Gasteiger partial charge in [-0.15, -0.1) is 0 Å². The number of sulfone groups is 1. The zero-order valence-electron chi connectivity index (χ0n) is 16.8. The van der Waals surface area contributed by atoms with Crippen molar-refractivity contribution in [3.63, 3.8) is 0 Å². The van der Waals surface area contributed by atoms with Gasteiger partial charge in [-0.3, -0.25) is 9.59 Å². The summed E-state index contributed by atoms with van der Waals surface area (Å²) in [5.41, 5.74) is 1.45. The average molecular weight is 429 g/mol. The van der Waals surface area contributed by atoms with Crippen molar-refractivity contribution in [3.8, 4) is 0 Å². The summed E-state index contributed by atoms with van der Waals surface area (Å²) in [6.45, 7) is 2.43.